The summed E-state index contributed by atoms with van der Waals surface area (Å²) in [6.07, 6.45) is 0. The van der Waals surface area contributed by atoms with Crippen molar-refractivity contribution in [1.29, 1.82) is 0 Å². The van der Waals surface area contributed by atoms with Crippen molar-refractivity contribution in [2.24, 2.45) is 0 Å². The van der Waals surface area contributed by atoms with E-state index in [1.165, 1.54) is 32.2 Å². The van der Waals surface area contributed by atoms with Gasteiger partial charge in [0, 0.05) is 24.4 Å². The molecule has 0 aliphatic rings. The van der Waals surface area contributed by atoms with Crippen molar-refractivity contribution in [3.8, 4) is 5.75 Å². The number of rotatable bonds is 5. The summed E-state index contributed by atoms with van der Waals surface area (Å²) >= 11 is 5.23. The number of nitrogens with zero attached hydrogens (tertiary/aromatic N) is 1. The number of hydrogen-bond acceptors (Lipinski definition) is 5. The molecule has 0 spiro atoms. The molecule has 2 rings (SSSR count). The molecular formula is C16H16N4O4S. The number of non-ortho nitro benzene ring substituents is 1. The van der Waals surface area contributed by atoms with Gasteiger partial charge in [-0.2, -0.15) is 0 Å². The first-order valence-corrected chi connectivity index (χ1v) is 7.58. The molecule has 1 amide bonds. The zero-order chi connectivity index (χ0) is 18.4. The lowest BCUT2D eigenvalue weighted by atomic mass is 10.2. The maximum Gasteiger partial charge on any atom is 0.273 e. The van der Waals surface area contributed by atoms with Gasteiger partial charge in [-0.3, -0.25) is 14.9 Å². The van der Waals surface area contributed by atoms with Gasteiger partial charge in [-0.15, -0.1) is 0 Å². The number of amides is 1. The van der Waals surface area contributed by atoms with Crippen LogP contribution in [0.1, 0.15) is 6.92 Å². The van der Waals surface area contributed by atoms with Crippen LogP contribution in [0.3, 0.4) is 0 Å². The van der Waals surface area contributed by atoms with Gasteiger partial charge < -0.3 is 20.7 Å². The molecular weight excluding hydrogens is 344 g/mol. The molecule has 0 heterocycles. The Balaban J connectivity index is 2.04. The molecule has 0 aliphatic carbocycles. The van der Waals surface area contributed by atoms with Crippen molar-refractivity contribution >= 4 is 46.0 Å². The lowest BCUT2D eigenvalue weighted by molar-refractivity contribution is -0.384. The molecule has 0 aromatic heterocycles. The minimum absolute atomic E-state index is 0.0742. The summed E-state index contributed by atoms with van der Waals surface area (Å²) in [4.78, 5) is 21.3. The second kappa shape index (κ2) is 8.06. The molecule has 130 valence electrons. The van der Waals surface area contributed by atoms with Crippen LogP contribution in [0.25, 0.3) is 0 Å². The van der Waals surface area contributed by atoms with Gasteiger partial charge in [0.25, 0.3) is 5.69 Å². The van der Waals surface area contributed by atoms with E-state index >= 15 is 0 Å². The van der Waals surface area contributed by atoms with Crippen LogP contribution in [0.15, 0.2) is 42.5 Å². The summed E-state index contributed by atoms with van der Waals surface area (Å²) in [5, 5.41) is 19.7. The molecule has 9 heteroatoms. The number of carbonyl (C=O) groups is 1. The van der Waals surface area contributed by atoms with E-state index in [0.29, 0.717) is 27.9 Å². The first-order chi connectivity index (χ1) is 11.9. The van der Waals surface area contributed by atoms with Gasteiger partial charge in [-0.1, -0.05) is 0 Å². The van der Waals surface area contributed by atoms with Gasteiger partial charge in [0.2, 0.25) is 5.91 Å². The van der Waals surface area contributed by atoms with Gasteiger partial charge in [-0.25, -0.2) is 0 Å². The number of nitro groups is 1. The van der Waals surface area contributed by atoms with Crippen LogP contribution in [0.4, 0.5) is 22.7 Å². The quantitative estimate of drug-likeness (QED) is 0.426. The van der Waals surface area contributed by atoms with Crippen LogP contribution in [-0.4, -0.2) is 23.1 Å². The van der Waals surface area contributed by atoms with Crippen LogP contribution >= 0.6 is 12.2 Å². The molecule has 2 aromatic rings. The summed E-state index contributed by atoms with van der Waals surface area (Å²) in [5.41, 5.74) is 1.82. The summed E-state index contributed by atoms with van der Waals surface area (Å²) in [6, 6.07) is 11.2. The van der Waals surface area contributed by atoms with Crippen LogP contribution < -0.4 is 20.7 Å². The monoisotopic (exact) mass is 360 g/mol. The SMILES string of the molecule is COc1cc([N+](=O)[O-])ccc1NC(=S)Nc1ccc(NC(C)=O)cc1. The molecule has 0 saturated heterocycles. The first kappa shape index (κ1) is 18.1. The van der Waals surface area contributed by atoms with E-state index in [9.17, 15) is 14.9 Å². The van der Waals surface area contributed by atoms with E-state index in [-0.39, 0.29) is 11.6 Å². The molecule has 0 atom stereocenters. The Labute approximate surface area is 149 Å². The Morgan fingerprint density at radius 3 is 2.20 bits per heavy atom. The average Bonchev–Trinajstić information content (AvgIpc) is 2.56. The number of nitrogens with one attached hydrogen (secondary N) is 3. The van der Waals surface area contributed by atoms with Gasteiger partial charge in [0.1, 0.15) is 5.75 Å². The highest BCUT2D eigenvalue weighted by molar-refractivity contribution is 7.80. The number of anilines is 3. The topological polar surface area (TPSA) is 106 Å². The lowest BCUT2D eigenvalue weighted by Crippen LogP contribution is -2.19. The lowest BCUT2D eigenvalue weighted by Gasteiger charge is -2.13. The second-order valence-corrected chi connectivity index (χ2v) is 5.39. The van der Waals surface area contributed by atoms with Gasteiger partial charge in [0.05, 0.1) is 23.8 Å². The minimum Gasteiger partial charge on any atom is -0.494 e. The van der Waals surface area contributed by atoms with Crippen LogP contribution in [0.2, 0.25) is 0 Å². The van der Waals surface area contributed by atoms with Crippen molar-refractivity contribution < 1.29 is 14.5 Å². The predicted octanol–water partition coefficient (Wildman–Crippen LogP) is 3.37. The molecule has 0 fully saturated rings. The standard InChI is InChI=1S/C16H16N4O4S/c1-10(21)17-11-3-5-12(6-4-11)18-16(25)19-14-8-7-13(20(22)23)9-15(14)24-2/h3-9H,1-2H3,(H,17,21)(H2,18,19,25). The van der Waals surface area contributed by atoms with Gasteiger partial charge in [-0.05, 0) is 42.5 Å². The van der Waals surface area contributed by atoms with Gasteiger partial charge in [0.15, 0.2) is 5.11 Å². The predicted molar refractivity (Wildman–Crippen MR) is 100 cm³/mol. The maximum atomic E-state index is 11.0. The number of thiocarbonyl (C=S) groups is 1. The highest BCUT2D eigenvalue weighted by Gasteiger charge is 2.12. The van der Waals surface area contributed by atoms with Crippen LogP contribution in [0.5, 0.6) is 5.75 Å². The number of methoxy groups -OCH3 is 1. The largest absolute Gasteiger partial charge is 0.494 e. The molecule has 25 heavy (non-hydrogen) atoms. The molecule has 0 aliphatic heterocycles. The first-order valence-electron chi connectivity index (χ1n) is 7.17. The van der Waals surface area contributed by atoms with Crippen LogP contribution in [-0.2, 0) is 4.79 Å². The fourth-order valence-corrected chi connectivity index (χ4v) is 2.25. The third-order valence-electron chi connectivity index (χ3n) is 3.11. The highest BCUT2D eigenvalue weighted by atomic mass is 32.1. The van der Waals surface area contributed by atoms with Crippen molar-refractivity contribution in [2.75, 3.05) is 23.1 Å². The van der Waals surface area contributed by atoms with Crippen molar-refractivity contribution in [3.63, 3.8) is 0 Å². The van der Waals surface area contributed by atoms with Crippen molar-refractivity contribution in [1.82, 2.24) is 0 Å². The van der Waals surface area contributed by atoms with E-state index in [2.05, 4.69) is 16.0 Å². The molecule has 8 nitrogen and oxygen atoms in total. The molecule has 2 aromatic carbocycles. The van der Waals surface area contributed by atoms with E-state index in [4.69, 9.17) is 17.0 Å². The number of carbonyl (C=O) groups excluding carboxylic acids is 1. The summed E-state index contributed by atoms with van der Waals surface area (Å²) in [5.74, 6) is 0.155. The summed E-state index contributed by atoms with van der Waals surface area (Å²) in [6.45, 7) is 1.43. The summed E-state index contributed by atoms with van der Waals surface area (Å²) in [7, 11) is 1.42. The Hall–Kier alpha value is -3.20. The number of benzene rings is 2. The van der Waals surface area contributed by atoms with E-state index in [0.717, 1.165) is 0 Å². The number of nitro benzene ring substituents is 1. The second-order valence-electron chi connectivity index (χ2n) is 4.98. The Morgan fingerprint density at radius 2 is 1.68 bits per heavy atom. The zero-order valence-electron chi connectivity index (χ0n) is 13.5. The number of hydrogen-bond donors (Lipinski definition) is 3. The Bertz CT molecular complexity index is 808. The number of ether oxygens (including phenoxy) is 1. The third-order valence-corrected chi connectivity index (χ3v) is 3.31. The van der Waals surface area contributed by atoms with Crippen molar-refractivity contribution in [2.45, 2.75) is 6.92 Å². The molecule has 0 unspecified atom stereocenters. The Kier molecular flexibility index (Phi) is 5.85. The molecule has 0 saturated carbocycles. The van der Waals surface area contributed by atoms with E-state index in [1.807, 2.05) is 0 Å². The fourth-order valence-electron chi connectivity index (χ4n) is 2.02. The summed E-state index contributed by atoms with van der Waals surface area (Å²) < 4.78 is 5.15. The van der Waals surface area contributed by atoms with E-state index in [1.54, 1.807) is 24.3 Å². The van der Waals surface area contributed by atoms with Gasteiger partial charge >= 0.3 is 0 Å². The Morgan fingerprint density at radius 1 is 1.08 bits per heavy atom. The van der Waals surface area contributed by atoms with Crippen molar-refractivity contribution in [3.05, 3.63) is 52.6 Å². The molecule has 3 N–H and O–H groups in total. The molecule has 0 radical (unpaired) electrons. The highest BCUT2D eigenvalue weighted by Crippen LogP contribution is 2.29. The van der Waals surface area contributed by atoms with E-state index < -0.39 is 4.92 Å². The minimum atomic E-state index is -0.500. The average molecular weight is 360 g/mol. The maximum absolute atomic E-state index is 11.0. The fraction of sp³-hybridized carbons (Fsp3) is 0.125. The zero-order valence-corrected chi connectivity index (χ0v) is 14.3. The third kappa shape index (κ3) is 5.15. The van der Waals surface area contributed by atoms with Crippen LogP contribution in [0, 0.1) is 10.1 Å². The normalized spacial score (nSPS) is 9.84. The molecule has 0 bridgehead atoms. The smallest absolute Gasteiger partial charge is 0.273 e.